The summed E-state index contributed by atoms with van der Waals surface area (Å²) in [5, 5.41) is 0. The van der Waals surface area contributed by atoms with Crippen molar-refractivity contribution in [1.29, 1.82) is 0 Å². The monoisotopic (exact) mass is 481 g/mol. The molecule has 1 atom stereocenters. The Balaban J connectivity index is 1.39. The Morgan fingerprint density at radius 3 is 2.22 bits per heavy atom. The van der Waals surface area contributed by atoms with Crippen LogP contribution in [0.4, 0.5) is 0 Å². The van der Waals surface area contributed by atoms with Crippen molar-refractivity contribution in [1.82, 2.24) is 4.90 Å². The molecule has 1 saturated heterocycles. The van der Waals surface area contributed by atoms with Gasteiger partial charge in [-0.2, -0.15) is 0 Å². The van der Waals surface area contributed by atoms with Crippen LogP contribution in [0.15, 0.2) is 73.3 Å². The Hall–Kier alpha value is -2.38. The molecule has 1 aliphatic carbocycles. The van der Waals surface area contributed by atoms with E-state index in [9.17, 15) is 0 Å². The topological polar surface area (TPSA) is 3.24 Å². The van der Waals surface area contributed by atoms with E-state index in [1.54, 1.807) is 11.1 Å². The van der Waals surface area contributed by atoms with Gasteiger partial charge in [-0.25, -0.2) is 0 Å². The van der Waals surface area contributed by atoms with Crippen LogP contribution in [-0.4, -0.2) is 18.0 Å². The van der Waals surface area contributed by atoms with Gasteiger partial charge in [-0.15, -0.1) is 6.58 Å². The molecule has 0 N–H and O–H groups in total. The molecule has 1 heterocycles. The van der Waals surface area contributed by atoms with E-state index in [1.807, 2.05) is 0 Å². The van der Waals surface area contributed by atoms with Crippen LogP contribution in [0.5, 0.6) is 0 Å². The fourth-order valence-corrected chi connectivity index (χ4v) is 6.01. The molecule has 1 aliphatic heterocycles. The molecule has 0 radical (unpaired) electrons. The third-order valence-corrected chi connectivity index (χ3v) is 8.49. The molecular formula is C35H47N. The third kappa shape index (κ3) is 7.10. The molecule has 192 valence electrons. The second kappa shape index (κ2) is 12.2. The summed E-state index contributed by atoms with van der Waals surface area (Å²) in [7, 11) is 0. The lowest BCUT2D eigenvalue weighted by molar-refractivity contribution is 0.204. The van der Waals surface area contributed by atoms with Gasteiger partial charge in [-0.1, -0.05) is 72.3 Å². The summed E-state index contributed by atoms with van der Waals surface area (Å²) >= 11 is 0. The first-order valence-electron chi connectivity index (χ1n) is 14.2. The minimum absolute atomic E-state index is 0.560. The molecule has 0 spiro atoms. The smallest absolute Gasteiger partial charge is 0.0236 e. The minimum Gasteiger partial charge on any atom is -0.299 e. The highest BCUT2D eigenvalue weighted by atomic mass is 15.1. The first kappa shape index (κ1) is 26.7. The van der Waals surface area contributed by atoms with E-state index in [-0.39, 0.29) is 0 Å². The quantitative estimate of drug-likeness (QED) is 0.273. The lowest BCUT2D eigenvalue weighted by Gasteiger charge is -2.33. The Labute approximate surface area is 221 Å². The van der Waals surface area contributed by atoms with Crippen LogP contribution in [-0.2, 0) is 13.0 Å². The maximum absolute atomic E-state index is 4.30. The number of allylic oxidation sites excluding steroid dienone is 3. The van der Waals surface area contributed by atoms with Crippen molar-refractivity contribution in [3.8, 4) is 0 Å². The molecule has 2 aliphatic rings. The zero-order valence-electron chi connectivity index (χ0n) is 23.1. The standard InChI is InChI=1S/C35H47N/c1-25(2)11-12-28(26(3)4)13-16-32-23-31(17-18-34(32)27(5)6)29-19-21-36(22-20-29)24-33-9-7-8-10-35(33)30-14-15-30/h7-10,17-18,23,28-30H,1,3,5,11-16,19-22,24H2,2,4,6H3. The van der Waals surface area contributed by atoms with Gasteiger partial charge in [-0.05, 0) is 131 Å². The van der Waals surface area contributed by atoms with E-state index in [2.05, 4.69) is 87.9 Å². The Morgan fingerprint density at radius 2 is 1.58 bits per heavy atom. The SMILES string of the molecule is C=C(C)CCC(CCc1cc(C2CCN(Cc3ccccc3C3CC3)CC2)ccc1C(=C)C)C(=C)C. The predicted molar refractivity (Wildman–Crippen MR) is 157 cm³/mol. The zero-order chi connectivity index (χ0) is 25.7. The predicted octanol–water partition coefficient (Wildman–Crippen LogP) is 9.46. The van der Waals surface area contributed by atoms with E-state index in [0.717, 1.165) is 38.1 Å². The second-order valence-electron chi connectivity index (χ2n) is 11.8. The van der Waals surface area contributed by atoms with Crippen LogP contribution in [0.25, 0.3) is 5.57 Å². The van der Waals surface area contributed by atoms with E-state index in [1.165, 1.54) is 72.2 Å². The molecule has 2 aromatic carbocycles. The van der Waals surface area contributed by atoms with Crippen LogP contribution >= 0.6 is 0 Å². The first-order chi connectivity index (χ1) is 17.3. The number of likely N-dealkylation sites (tertiary alicyclic amines) is 1. The summed E-state index contributed by atoms with van der Waals surface area (Å²) in [6.45, 7) is 22.7. The highest BCUT2D eigenvalue weighted by molar-refractivity contribution is 5.65. The average Bonchev–Trinajstić information content (AvgIpc) is 3.70. The van der Waals surface area contributed by atoms with Crippen molar-refractivity contribution in [3.63, 3.8) is 0 Å². The summed E-state index contributed by atoms with van der Waals surface area (Å²) in [4.78, 5) is 2.68. The van der Waals surface area contributed by atoms with E-state index in [0.29, 0.717) is 11.8 Å². The molecule has 0 aromatic heterocycles. The normalized spacial score (nSPS) is 17.6. The third-order valence-electron chi connectivity index (χ3n) is 8.49. The van der Waals surface area contributed by atoms with Gasteiger partial charge in [0, 0.05) is 6.54 Å². The lowest BCUT2D eigenvalue weighted by atomic mass is 9.84. The van der Waals surface area contributed by atoms with Crippen molar-refractivity contribution in [2.45, 2.75) is 90.5 Å². The number of hydrogen-bond donors (Lipinski definition) is 0. The molecule has 0 amide bonds. The molecule has 1 nitrogen and oxygen atoms in total. The zero-order valence-corrected chi connectivity index (χ0v) is 23.1. The van der Waals surface area contributed by atoms with Crippen LogP contribution in [0, 0.1) is 5.92 Å². The van der Waals surface area contributed by atoms with Gasteiger partial charge in [0.15, 0.2) is 0 Å². The maximum Gasteiger partial charge on any atom is 0.0236 e. The fraction of sp³-hybridized carbons (Fsp3) is 0.486. The van der Waals surface area contributed by atoms with Crippen molar-refractivity contribution in [2.75, 3.05) is 13.1 Å². The number of nitrogens with zero attached hydrogens (tertiary/aromatic N) is 1. The lowest BCUT2D eigenvalue weighted by Crippen LogP contribution is -2.32. The molecule has 36 heavy (non-hydrogen) atoms. The Morgan fingerprint density at radius 1 is 0.861 bits per heavy atom. The van der Waals surface area contributed by atoms with Crippen LogP contribution in [0.1, 0.15) is 105 Å². The van der Waals surface area contributed by atoms with Crippen LogP contribution in [0.3, 0.4) is 0 Å². The number of aryl methyl sites for hydroxylation is 1. The second-order valence-corrected chi connectivity index (χ2v) is 11.8. The van der Waals surface area contributed by atoms with Gasteiger partial charge in [-0.3, -0.25) is 4.90 Å². The van der Waals surface area contributed by atoms with Gasteiger partial charge >= 0.3 is 0 Å². The van der Waals surface area contributed by atoms with Gasteiger partial charge < -0.3 is 0 Å². The molecule has 1 heteroatoms. The summed E-state index contributed by atoms with van der Waals surface area (Å²) in [5.41, 5.74) is 11.3. The van der Waals surface area contributed by atoms with E-state index >= 15 is 0 Å². The summed E-state index contributed by atoms with van der Waals surface area (Å²) in [6.07, 6.45) is 9.77. The average molecular weight is 482 g/mol. The van der Waals surface area contributed by atoms with E-state index < -0.39 is 0 Å². The van der Waals surface area contributed by atoms with Crippen molar-refractivity contribution in [2.24, 2.45) is 5.92 Å². The largest absolute Gasteiger partial charge is 0.299 e. The maximum atomic E-state index is 4.30. The van der Waals surface area contributed by atoms with Crippen molar-refractivity contribution in [3.05, 3.63) is 101 Å². The molecular weight excluding hydrogens is 434 g/mol. The van der Waals surface area contributed by atoms with Crippen molar-refractivity contribution >= 4 is 5.57 Å². The Bertz CT molecular complexity index is 1080. The van der Waals surface area contributed by atoms with Gasteiger partial charge in [0.2, 0.25) is 0 Å². The van der Waals surface area contributed by atoms with E-state index in [4.69, 9.17) is 0 Å². The molecule has 1 saturated carbocycles. The highest BCUT2D eigenvalue weighted by Gasteiger charge is 2.27. The number of benzene rings is 2. The molecule has 1 unspecified atom stereocenters. The fourth-order valence-electron chi connectivity index (χ4n) is 6.01. The summed E-state index contributed by atoms with van der Waals surface area (Å²) in [5.74, 6) is 2.05. The number of rotatable bonds is 12. The summed E-state index contributed by atoms with van der Waals surface area (Å²) < 4.78 is 0. The number of piperidine rings is 1. The van der Waals surface area contributed by atoms with Gasteiger partial charge in [0.05, 0.1) is 0 Å². The minimum atomic E-state index is 0.560. The van der Waals surface area contributed by atoms with Crippen molar-refractivity contribution < 1.29 is 0 Å². The van der Waals surface area contributed by atoms with Gasteiger partial charge in [0.1, 0.15) is 0 Å². The molecule has 2 fully saturated rings. The highest BCUT2D eigenvalue weighted by Crippen LogP contribution is 2.42. The Kier molecular flexibility index (Phi) is 9.07. The van der Waals surface area contributed by atoms with Crippen LogP contribution in [0.2, 0.25) is 0 Å². The molecule has 2 aromatic rings. The first-order valence-corrected chi connectivity index (χ1v) is 14.2. The van der Waals surface area contributed by atoms with Gasteiger partial charge in [0.25, 0.3) is 0 Å². The molecule has 0 bridgehead atoms. The molecule has 4 rings (SSSR count). The summed E-state index contributed by atoms with van der Waals surface area (Å²) in [6, 6.07) is 16.4. The van der Waals surface area contributed by atoms with Crippen LogP contribution < -0.4 is 0 Å². The number of hydrogen-bond acceptors (Lipinski definition) is 1.